The van der Waals surface area contributed by atoms with Gasteiger partial charge in [0.15, 0.2) is 5.82 Å². The van der Waals surface area contributed by atoms with Crippen LogP contribution in [-0.2, 0) is 6.61 Å². The van der Waals surface area contributed by atoms with Gasteiger partial charge in [-0.15, -0.1) is 0 Å². The van der Waals surface area contributed by atoms with E-state index in [4.69, 9.17) is 21.2 Å². The number of nitrogens with zero attached hydrogens (tertiary/aromatic N) is 2. The summed E-state index contributed by atoms with van der Waals surface area (Å²) < 4.78 is 4.96. The zero-order valence-electron chi connectivity index (χ0n) is 8.07. The van der Waals surface area contributed by atoms with Crippen LogP contribution in [0.25, 0.3) is 11.5 Å². The van der Waals surface area contributed by atoms with Crippen molar-refractivity contribution < 1.29 is 9.63 Å². The summed E-state index contributed by atoms with van der Waals surface area (Å²) in [5, 5.41) is 12.9. The molecule has 2 rings (SSSR count). The second kappa shape index (κ2) is 4.00. The van der Waals surface area contributed by atoms with Crippen LogP contribution >= 0.6 is 11.6 Å². The normalized spacial score (nSPS) is 10.6. The van der Waals surface area contributed by atoms with E-state index in [0.717, 1.165) is 5.56 Å². The lowest BCUT2D eigenvalue weighted by atomic mass is 10.1. The third kappa shape index (κ3) is 2.00. The molecule has 0 atom stereocenters. The Morgan fingerprint density at radius 3 is 2.87 bits per heavy atom. The number of aliphatic hydroxyl groups is 1. The van der Waals surface area contributed by atoms with Gasteiger partial charge in [0.05, 0.1) is 10.6 Å². The van der Waals surface area contributed by atoms with Crippen LogP contribution in [0.1, 0.15) is 11.4 Å². The van der Waals surface area contributed by atoms with E-state index in [-0.39, 0.29) is 12.4 Å². The van der Waals surface area contributed by atoms with Crippen LogP contribution in [0.5, 0.6) is 0 Å². The summed E-state index contributed by atoms with van der Waals surface area (Å²) in [4.78, 5) is 3.98. The molecule has 0 spiro atoms. The van der Waals surface area contributed by atoms with Gasteiger partial charge in [-0.1, -0.05) is 22.8 Å². The van der Waals surface area contributed by atoms with Crippen molar-refractivity contribution in [2.24, 2.45) is 0 Å². The number of rotatable bonds is 2. The Hall–Kier alpha value is -1.39. The largest absolute Gasteiger partial charge is 0.388 e. The zero-order valence-corrected chi connectivity index (χ0v) is 8.82. The van der Waals surface area contributed by atoms with Gasteiger partial charge in [-0.2, -0.15) is 4.98 Å². The lowest BCUT2D eigenvalue weighted by Crippen LogP contribution is -1.85. The summed E-state index contributed by atoms with van der Waals surface area (Å²) in [6, 6.07) is 5.54. The van der Waals surface area contributed by atoms with Crippen LogP contribution in [0.15, 0.2) is 22.7 Å². The van der Waals surface area contributed by atoms with E-state index in [0.29, 0.717) is 16.5 Å². The van der Waals surface area contributed by atoms with Crippen LogP contribution in [0, 0.1) is 6.92 Å². The first kappa shape index (κ1) is 10.1. The van der Waals surface area contributed by atoms with E-state index in [2.05, 4.69) is 10.1 Å². The van der Waals surface area contributed by atoms with Gasteiger partial charge in [0, 0.05) is 0 Å². The summed E-state index contributed by atoms with van der Waals surface area (Å²) >= 11 is 6.03. The molecular formula is C10H9ClN2O2. The lowest BCUT2D eigenvalue weighted by molar-refractivity contribution is 0.264. The quantitative estimate of drug-likeness (QED) is 0.850. The molecule has 78 valence electrons. The summed E-state index contributed by atoms with van der Waals surface area (Å²) in [6.45, 7) is 1.70. The molecule has 1 aromatic carbocycles. The van der Waals surface area contributed by atoms with Crippen LogP contribution in [0.4, 0.5) is 0 Å². The molecule has 5 heteroatoms. The Labute approximate surface area is 91.5 Å². The summed E-state index contributed by atoms with van der Waals surface area (Å²) in [7, 11) is 0. The molecule has 0 bridgehead atoms. The third-order valence-electron chi connectivity index (χ3n) is 1.96. The highest BCUT2D eigenvalue weighted by molar-refractivity contribution is 6.33. The van der Waals surface area contributed by atoms with Crippen LogP contribution in [0.2, 0.25) is 5.02 Å². The van der Waals surface area contributed by atoms with Gasteiger partial charge >= 0.3 is 0 Å². The fourth-order valence-electron chi connectivity index (χ4n) is 1.22. The molecule has 1 heterocycles. The van der Waals surface area contributed by atoms with E-state index in [1.165, 1.54) is 0 Å². The standard InChI is InChI=1S/C10H9ClN2O2/c1-6-2-3-7(8(11)4-6)10-12-9(5-14)13-15-10/h2-4,14H,5H2,1H3. The number of aryl methyl sites for hydroxylation is 1. The molecule has 0 aliphatic heterocycles. The van der Waals surface area contributed by atoms with E-state index in [1.807, 2.05) is 25.1 Å². The molecule has 0 radical (unpaired) electrons. The molecule has 1 N–H and O–H groups in total. The minimum absolute atomic E-state index is 0.243. The topological polar surface area (TPSA) is 59.2 Å². The average molecular weight is 225 g/mol. The monoisotopic (exact) mass is 224 g/mol. The molecular weight excluding hydrogens is 216 g/mol. The van der Waals surface area contributed by atoms with E-state index in [9.17, 15) is 0 Å². The SMILES string of the molecule is Cc1ccc(-c2nc(CO)no2)c(Cl)c1. The van der Waals surface area contributed by atoms with Gasteiger partial charge in [0.2, 0.25) is 0 Å². The number of benzene rings is 1. The summed E-state index contributed by atoms with van der Waals surface area (Å²) in [5.41, 5.74) is 1.74. The fourth-order valence-corrected chi connectivity index (χ4v) is 1.54. The summed E-state index contributed by atoms with van der Waals surface area (Å²) in [5.74, 6) is 0.575. The Morgan fingerprint density at radius 1 is 1.47 bits per heavy atom. The van der Waals surface area contributed by atoms with Gasteiger partial charge in [-0.3, -0.25) is 0 Å². The number of hydrogen-bond donors (Lipinski definition) is 1. The first-order chi connectivity index (χ1) is 7.20. The smallest absolute Gasteiger partial charge is 0.259 e. The molecule has 0 saturated heterocycles. The first-order valence-electron chi connectivity index (χ1n) is 4.40. The minimum Gasteiger partial charge on any atom is -0.388 e. The zero-order chi connectivity index (χ0) is 10.8. The minimum atomic E-state index is -0.243. The Morgan fingerprint density at radius 2 is 2.27 bits per heavy atom. The van der Waals surface area contributed by atoms with Crippen molar-refractivity contribution in [2.45, 2.75) is 13.5 Å². The number of aliphatic hydroxyl groups excluding tert-OH is 1. The molecule has 0 aliphatic carbocycles. The van der Waals surface area contributed by atoms with Crippen LogP contribution in [0.3, 0.4) is 0 Å². The van der Waals surface area contributed by atoms with E-state index in [1.54, 1.807) is 0 Å². The Kier molecular flexibility index (Phi) is 2.70. The van der Waals surface area contributed by atoms with Gasteiger partial charge in [0.1, 0.15) is 6.61 Å². The predicted molar refractivity (Wildman–Crippen MR) is 55.4 cm³/mol. The number of aromatic nitrogens is 2. The molecule has 0 saturated carbocycles. The molecule has 15 heavy (non-hydrogen) atoms. The summed E-state index contributed by atoms with van der Waals surface area (Å²) in [6.07, 6.45) is 0. The predicted octanol–water partition coefficient (Wildman–Crippen LogP) is 2.19. The highest BCUT2D eigenvalue weighted by Gasteiger charge is 2.11. The molecule has 2 aromatic rings. The Bertz CT molecular complexity index is 482. The molecule has 0 unspecified atom stereocenters. The van der Waals surface area contributed by atoms with Gasteiger partial charge < -0.3 is 9.63 Å². The maximum Gasteiger partial charge on any atom is 0.259 e. The van der Waals surface area contributed by atoms with Crippen LogP contribution < -0.4 is 0 Å². The van der Waals surface area contributed by atoms with E-state index >= 15 is 0 Å². The van der Waals surface area contributed by atoms with Gasteiger partial charge in [-0.25, -0.2) is 0 Å². The van der Waals surface area contributed by atoms with Gasteiger partial charge in [0.25, 0.3) is 5.89 Å². The third-order valence-corrected chi connectivity index (χ3v) is 2.28. The second-order valence-electron chi connectivity index (χ2n) is 3.16. The first-order valence-corrected chi connectivity index (χ1v) is 4.78. The molecule has 0 fully saturated rings. The Balaban J connectivity index is 2.44. The highest BCUT2D eigenvalue weighted by Crippen LogP contribution is 2.27. The van der Waals surface area contributed by atoms with Gasteiger partial charge in [-0.05, 0) is 24.6 Å². The van der Waals surface area contributed by atoms with E-state index < -0.39 is 0 Å². The average Bonchev–Trinajstić information content (AvgIpc) is 2.66. The molecule has 0 aliphatic rings. The van der Waals surface area contributed by atoms with Crippen molar-refractivity contribution in [2.75, 3.05) is 0 Å². The van der Waals surface area contributed by atoms with Crippen LogP contribution in [-0.4, -0.2) is 15.2 Å². The lowest BCUT2D eigenvalue weighted by Gasteiger charge is -1.99. The highest BCUT2D eigenvalue weighted by atomic mass is 35.5. The maximum absolute atomic E-state index is 8.79. The maximum atomic E-state index is 8.79. The van der Waals surface area contributed by atoms with Crippen molar-refractivity contribution in [3.8, 4) is 11.5 Å². The van der Waals surface area contributed by atoms with Crippen molar-refractivity contribution in [1.82, 2.24) is 10.1 Å². The number of hydrogen-bond acceptors (Lipinski definition) is 4. The van der Waals surface area contributed by atoms with Crippen molar-refractivity contribution in [1.29, 1.82) is 0 Å². The van der Waals surface area contributed by atoms with Crippen molar-refractivity contribution >= 4 is 11.6 Å². The number of halogens is 1. The van der Waals surface area contributed by atoms with Crippen molar-refractivity contribution in [3.05, 3.63) is 34.6 Å². The fraction of sp³-hybridized carbons (Fsp3) is 0.200. The molecule has 4 nitrogen and oxygen atoms in total. The molecule has 1 aromatic heterocycles. The van der Waals surface area contributed by atoms with Crippen molar-refractivity contribution in [3.63, 3.8) is 0 Å². The second-order valence-corrected chi connectivity index (χ2v) is 3.56. The molecule has 0 amide bonds.